The Kier molecular flexibility index (Phi) is 9.32. The van der Waals surface area contributed by atoms with Gasteiger partial charge in [-0.1, -0.05) is 44.2 Å². The molecule has 208 valence electrons. The van der Waals surface area contributed by atoms with Crippen LogP contribution in [0.1, 0.15) is 67.6 Å². The van der Waals surface area contributed by atoms with Crippen LogP contribution in [0.15, 0.2) is 48.7 Å². The number of rotatable bonds is 4. The van der Waals surface area contributed by atoms with Gasteiger partial charge in [0, 0.05) is 38.8 Å². The van der Waals surface area contributed by atoms with Crippen LogP contribution in [0.4, 0.5) is 0 Å². The van der Waals surface area contributed by atoms with Crippen molar-refractivity contribution in [2.75, 3.05) is 32.7 Å². The molecular weight excluding hydrogens is 494 g/mol. The van der Waals surface area contributed by atoms with Crippen molar-refractivity contribution in [3.8, 4) is 0 Å². The van der Waals surface area contributed by atoms with Crippen LogP contribution in [0.5, 0.6) is 0 Å². The molecule has 39 heavy (non-hydrogen) atoms. The molecule has 2 heterocycles. The molecule has 0 radical (unpaired) electrons. The molecule has 0 bridgehead atoms. The number of hydrogen-bond donors (Lipinski definition) is 2. The number of nitrogens with one attached hydrogen (secondary N) is 2. The number of hydrogen-bond acceptors (Lipinski definition) is 5. The van der Waals surface area contributed by atoms with E-state index in [9.17, 15) is 19.2 Å². The van der Waals surface area contributed by atoms with Crippen molar-refractivity contribution in [2.45, 2.75) is 57.9 Å². The summed E-state index contributed by atoms with van der Waals surface area (Å²) in [6.07, 6.45) is 5.02. The molecule has 2 aliphatic rings. The van der Waals surface area contributed by atoms with Crippen molar-refractivity contribution in [2.24, 2.45) is 5.92 Å². The molecule has 1 aliphatic carbocycles. The number of pyridine rings is 1. The average Bonchev–Trinajstić information content (AvgIpc) is 2.94. The van der Waals surface area contributed by atoms with Crippen molar-refractivity contribution in [3.63, 3.8) is 0 Å². The molecule has 1 atom stereocenters. The average molecular weight is 534 g/mol. The van der Waals surface area contributed by atoms with Crippen molar-refractivity contribution >= 4 is 23.6 Å². The molecule has 9 heteroatoms. The van der Waals surface area contributed by atoms with Gasteiger partial charge in [0.15, 0.2) is 0 Å². The Morgan fingerprint density at radius 3 is 2.59 bits per heavy atom. The van der Waals surface area contributed by atoms with Crippen LogP contribution >= 0.6 is 0 Å². The minimum Gasteiger partial charge on any atom is -0.352 e. The first-order valence-electron chi connectivity index (χ1n) is 14.0. The zero-order valence-corrected chi connectivity index (χ0v) is 22.9. The van der Waals surface area contributed by atoms with E-state index in [1.165, 1.54) is 0 Å². The summed E-state index contributed by atoms with van der Waals surface area (Å²) in [5, 5.41) is 6.06. The molecular formula is C30H39N5O4. The molecule has 0 saturated carbocycles. The highest BCUT2D eigenvalue weighted by Gasteiger charge is 2.44. The lowest BCUT2D eigenvalue weighted by Gasteiger charge is -2.39. The fraction of sp³-hybridized carbons (Fsp3) is 0.500. The van der Waals surface area contributed by atoms with Gasteiger partial charge in [0.05, 0.1) is 6.54 Å². The summed E-state index contributed by atoms with van der Waals surface area (Å²) in [6.45, 7) is 5.32. The lowest BCUT2D eigenvalue weighted by atomic mass is 9.75. The van der Waals surface area contributed by atoms with Gasteiger partial charge in [-0.3, -0.25) is 24.2 Å². The summed E-state index contributed by atoms with van der Waals surface area (Å²) in [6, 6.07) is 12.9. The molecule has 2 N–H and O–H groups in total. The van der Waals surface area contributed by atoms with Crippen LogP contribution in [0.25, 0.3) is 0 Å². The Hall–Kier alpha value is -3.75. The molecule has 1 unspecified atom stereocenters. The highest BCUT2D eigenvalue weighted by molar-refractivity contribution is 5.95. The van der Waals surface area contributed by atoms with Gasteiger partial charge < -0.3 is 20.4 Å². The second-order valence-electron chi connectivity index (χ2n) is 10.8. The van der Waals surface area contributed by atoms with E-state index in [2.05, 4.69) is 29.5 Å². The van der Waals surface area contributed by atoms with Crippen LogP contribution in [0.2, 0.25) is 0 Å². The second kappa shape index (κ2) is 12.9. The predicted octanol–water partition coefficient (Wildman–Crippen LogP) is 2.66. The summed E-state index contributed by atoms with van der Waals surface area (Å²) < 4.78 is 0. The van der Waals surface area contributed by atoms with Crippen LogP contribution in [-0.2, 0) is 26.3 Å². The fourth-order valence-electron chi connectivity index (χ4n) is 5.41. The smallest absolute Gasteiger partial charge is 0.272 e. The second-order valence-corrected chi connectivity index (χ2v) is 10.8. The van der Waals surface area contributed by atoms with Crippen molar-refractivity contribution in [3.05, 3.63) is 65.5 Å². The Morgan fingerprint density at radius 1 is 1.03 bits per heavy atom. The summed E-state index contributed by atoms with van der Waals surface area (Å²) >= 11 is 0. The molecule has 1 spiro atoms. The fourth-order valence-corrected chi connectivity index (χ4v) is 5.41. The molecule has 1 aromatic carbocycles. The van der Waals surface area contributed by atoms with Crippen LogP contribution in [-0.4, -0.2) is 71.1 Å². The van der Waals surface area contributed by atoms with Gasteiger partial charge in [-0.15, -0.1) is 0 Å². The van der Waals surface area contributed by atoms with E-state index in [0.717, 1.165) is 30.4 Å². The Labute approximate surface area is 230 Å². The van der Waals surface area contributed by atoms with Gasteiger partial charge in [-0.2, -0.15) is 0 Å². The van der Waals surface area contributed by atoms with E-state index < -0.39 is 5.54 Å². The zero-order valence-electron chi connectivity index (χ0n) is 22.9. The molecule has 1 fully saturated rings. The van der Waals surface area contributed by atoms with E-state index in [0.29, 0.717) is 37.5 Å². The molecule has 4 amide bonds. The predicted molar refractivity (Wildman–Crippen MR) is 148 cm³/mol. The number of amides is 4. The highest BCUT2D eigenvalue weighted by atomic mass is 16.2. The van der Waals surface area contributed by atoms with E-state index in [1.54, 1.807) is 34.2 Å². The molecule has 2 aromatic rings. The number of aromatic nitrogens is 1. The quantitative estimate of drug-likeness (QED) is 0.628. The summed E-state index contributed by atoms with van der Waals surface area (Å²) in [5.41, 5.74) is 0.897. The third-order valence-corrected chi connectivity index (χ3v) is 7.54. The van der Waals surface area contributed by atoms with Crippen LogP contribution in [0, 0.1) is 5.92 Å². The third-order valence-electron chi connectivity index (χ3n) is 7.54. The number of aryl methyl sites for hydroxylation is 1. The van der Waals surface area contributed by atoms with Crippen molar-refractivity contribution < 1.29 is 19.2 Å². The summed E-state index contributed by atoms with van der Waals surface area (Å²) in [4.78, 5) is 61.2. The maximum absolute atomic E-state index is 13.9. The van der Waals surface area contributed by atoms with Gasteiger partial charge in [-0.25, -0.2) is 0 Å². The molecule has 4 rings (SSSR count). The van der Waals surface area contributed by atoms with E-state index in [1.807, 2.05) is 24.3 Å². The maximum atomic E-state index is 13.9. The Balaban J connectivity index is 1.64. The van der Waals surface area contributed by atoms with E-state index in [4.69, 9.17) is 0 Å². The Morgan fingerprint density at radius 2 is 1.82 bits per heavy atom. The number of fused-ring (bicyclic) bond motifs is 2. The standard InChI is InChI=1S/C30H39N5O4/c1-22(2)14-19-35-21-26(36)33-30(15-7-10-23-9-3-4-11-24(23)30)29(39)32-17-20-34(18-8-13-27(35)37)28(38)25-12-5-6-16-31-25/h3-6,9,11-12,16,22H,7-8,10,13-15,17-21H2,1-2H3,(H,32,39)(H,33,36). The third kappa shape index (κ3) is 6.82. The number of benzene rings is 1. The summed E-state index contributed by atoms with van der Waals surface area (Å²) in [5.74, 6) is -0.654. The number of nitrogens with zero attached hydrogens (tertiary/aromatic N) is 3. The Bertz CT molecular complexity index is 1180. The van der Waals surface area contributed by atoms with E-state index in [-0.39, 0.29) is 49.7 Å². The minimum absolute atomic E-state index is 0.112. The SMILES string of the molecule is CC(C)CCN1CC(=O)NC2(CCCc3ccccc32)C(=O)NCCN(C(=O)c2ccccn2)CCCC1=O. The van der Waals surface area contributed by atoms with Gasteiger partial charge >= 0.3 is 0 Å². The van der Waals surface area contributed by atoms with Gasteiger partial charge in [-0.05, 0) is 61.3 Å². The van der Waals surface area contributed by atoms with Crippen molar-refractivity contribution in [1.82, 2.24) is 25.4 Å². The number of carbonyl (C=O) groups is 4. The monoisotopic (exact) mass is 533 g/mol. The lowest BCUT2D eigenvalue weighted by molar-refractivity contribution is -0.139. The first-order chi connectivity index (χ1) is 18.8. The van der Waals surface area contributed by atoms with E-state index >= 15 is 0 Å². The zero-order chi connectivity index (χ0) is 27.8. The molecule has 1 saturated heterocycles. The van der Waals surface area contributed by atoms with Gasteiger partial charge in [0.1, 0.15) is 11.2 Å². The van der Waals surface area contributed by atoms with Gasteiger partial charge in [0.25, 0.3) is 11.8 Å². The highest BCUT2D eigenvalue weighted by Crippen LogP contribution is 2.35. The minimum atomic E-state index is -1.24. The molecule has 1 aromatic heterocycles. The topological polar surface area (TPSA) is 112 Å². The molecule has 1 aliphatic heterocycles. The molecule has 9 nitrogen and oxygen atoms in total. The summed E-state index contributed by atoms with van der Waals surface area (Å²) in [7, 11) is 0. The largest absolute Gasteiger partial charge is 0.352 e. The van der Waals surface area contributed by atoms with Crippen molar-refractivity contribution in [1.29, 1.82) is 0 Å². The van der Waals surface area contributed by atoms with Crippen LogP contribution < -0.4 is 10.6 Å². The number of carbonyl (C=O) groups excluding carboxylic acids is 4. The normalized spacial score (nSPS) is 21.3. The first kappa shape index (κ1) is 28.3. The van der Waals surface area contributed by atoms with Gasteiger partial charge in [0.2, 0.25) is 11.8 Å². The maximum Gasteiger partial charge on any atom is 0.272 e. The lowest BCUT2D eigenvalue weighted by Crippen LogP contribution is -2.60. The van der Waals surface area contributed by atoms with Crippen LogP contribution in [0.3, 0.4) is 0 Å². The first-order valence-corrected chi connectivity index (χ1v) is 14.0.